The van der Waals surface area contributed by atoms with E-state index in [1.807, 2.05) is 24.3 Å². The average molecular weight is 338 g/mol. The summed E-state index contributed by atoms with van der Waals surface area (Å²) < 4.78 is 6.24. The summed E-state index contributed by atoms with van der Waals surface area (Å²) in [5.41, 5.74) is 2.02. The van der Waals surface area contributed by atoms with Crippen molar-refractivity contribution in [2.24, 2.45) is 0 Å². The van der Waals surface area contributed by atoms with E-state index in [1.54, 1.807) is 13.0 Å². The van der Waals surface area contributed by atoms with Gasteiger partial charge >= 0.3 is 5.97 Å². The summed E-state index contributed by atoms with van der Waals surface area (Å²) in [6, 6.07) is 9.72. The van der Waals surface area contributed by atoms with E-state index in [4.69, 9.17) is 9.52 Å². The van der Waals surface area contributed by atoms with Gasteiger partial charge in [0.05, 0.1) is 0 Å². The molecule has 0 amide bonds. The normalized spacial score (nSPS) is 12.3. The zero-order valence-corrected chi connectivity index (χ0v) is 12.9. The van der Waals surface area contributed by atoms with E-state index in [2.05, 4.69) is 28.2 Å². The molecule has 0 radical (unpaired) electrons. The molecule has 0 aliphatic rings. The van der Waals surface area contributed by atoms with E-state index in [-0.39, 0.29) is 11.8 Å². The lowest BCUT2D eigenvalue weighted by molar-refractivity contribution is 0.0661. The first-order valence-electron chi connectivity index (χ1n) is 6.29. The van der Waals surface area contributed by atoms with E-state index < -0.39 is 5.97 Å². The topological polar surface area (TPSA) is 62.5 Å². The second-order valence-electron chi connectivity index (χ2n) is 4.62. The van der Waals surface area contributed by atoms with Crippen molar-refractivity contribution in [1.82, 2.24) is 5.32 Å². The molecule has 2 N–H and O–H groups in total. The summed E-state index contributed by atoms with van der Waals surface area (Å²) >= 11 is 3.52. The summed E-state index contributed by atoms with van der Waals surface area (Å²) in [5.74, 6) is -0.430. The third-order valence-electron chi connectivity index (χ3n) is 3.20. The van der Waals surface area contributed by atoms with E-state index in [9.17, 15) is 4.79 Å². The third-order valence-corrected chi connectivity index (χ3v) is 3.92. The summed E-state index contributed by atoms with van der Waals surface area (Å²) in [4.78, 5) is 10.9. The molecule has 0 saturated carbocycles. The monoisotopic (exact) mass is 337 g/mol. The van der Waals surface area contributed by atoms with Crippen LogP contribution in [0.3, 0.4) is 0 Å². The predicted molar refractivity (Wildman–Crippen MR) is 79.8 cm³/mol. The maximum absolute atomic E-state index is 10.9. The first-order chi connectivity index (χ1) is 9.49. The summed E-state index contributed by atoms with van der Waals surface area (Å²) in [7, 11) is 0. The largest absolute Gasteiger partial charge is 0.475 e. The van der Waals surface area contributed by atoms with Gasteiger partial charge in [-0.25, -0.2) is 4.79 Å². The lowest BCUT2D eigenvalue weighted by Crippen LogP contribution is -2.18. The molecule has 0 spiro atoms. The second kappa shape index (κ2) is 6.24. The van der Waals surface area contributed by atoms with E-state index >= 15 is 0 Å². The number of furan rings is 1. The summed E-state index contributed by atoms with van der Waals surface area (Å²) in [6.07, 6.45) is 0. The molecule has 106 valence electrons. The molecule has 0 aliphatic carbocycles. The van der Waals surface area contributed by atoms with Crippen LogP contribution in [0.25, 0.3) is 0 Å². The third kappa shape index (κ3) is 3.29. The molecule has 2 rings (SSSR count). The number of hydrogen-bond acceptors (Lipinski definition) is 3. The molecule has 0 unspecified atom stereocenters. The molecule has 4 nitrogen and oxygen atoms in total. The van der Waals surface area contributed by atoms with Crippen LogP contribution in [0.4, 0.5) is 0 Å². The van der Waals surface area contributed by atoms with Crippen LogP contribution in [-0.4, -0.2) is 11.1 Å². The van der Waals surface area contributed by atoms with E-state index in [0.29, 0.717) is 12.3 Å². The van der Waals surface area contributed by atoms with Gasteiger partial charge in [-0.05, 0) is 31.5 Å². The Labute approximate surface area is 125 Å². The second-order valence-corrected chi connectivity index (χ2v) is 5.48. The summed E-state index contributed by atoms with van der Waals surface area (Å²) in [5, 5.41) is 12.3. The summed E-state index contributed by atoms with van der Waals surface area (Å²) in [6.45, 7) is 4.39. The maximum atomic E-state index is 10.9. The smallest absolute Gasteiger partial charge is 0.371 e. The van der Waals surface area contributed by atoms with Gasteiger partial charge in [-0.15, -0.1) is 0 Å². The maximum Gasteiger partial charge on any atom is 0.371 e. The van der Waals surface area contributed by atoms with Crippen LogP contribution in [0.5, 0.6) is 0 Å². The Morgan fingerprint density at radius 3 is 2.75 bits per heavy atom. The molecule has 20 heavy (non-hydrogen) atoms. The van der Waals surface area contributed by atoms with Gasteiger partial charge in [0.1, 0.15) is 5.76 Å². The lowest BCUT2D eigenvalue weighted by atomic mass is 10.1. The van der Waals surface area contributed by atoms with Crippen molar-refractivity contribution in [3.05, 3.63) is 57.5 Å². The van der Waals surface area contributed by atoms with Crippen molar-refractivity contribution in [3.8, 4) is 0 Å². The van der Waals surface area contributed by atoms with Crippen LogP contribution >= 0.6 is 15.9 Å². The molecule has 5 heteroatoms. The Morgan fingerprint density at radius 1 is 1.45 bits per heavy atom. The molecule has 0 bridgehead atoms. The van der Waals surface area contributed by atoms with Crippen LogP contribution in [0.1, 0.15) is 40.4 Å². The van der Waals surface area contributed by atoms with Crippen LogP contribution in [-0.2, 0) is 6.54 Å². The van der Waals surface area contributed by atoms with E-state index in [0.717, 1.165) is 15.6 Å². The minimum Gasteiger partial charge on any atom is -0.475 e. The first kappa shape index (κ1) is 14.8. The molecule has 1 atom stereocenters. The highest BCUT2D eigenvalue weighted by Gasteiger charge is 2.14. The number of carboxylic acids is 1. The van der Waals surface area contributed by atoms with Crippen molar-refractivity contribution in [2.45, 2.75) is 26.4 Å². The van der Waals surface area contributed by atoms with Crippen molar-refractivity contribution < 1.29 is 14.3 Å². The fourth-order valence-corrected chi connectivity index (χ4v) is 2.63. The lowest BCUT2D eigenvalue weighted by Gasteiger charge is -2.15. The molecule has 0 saturated heterocycles. The number of hydrogen-bond donors (Lipinski definition) is 2. The van der Waals surface area contributed by atoms with Crippen molar-refractivity contribution in [2.75, 3.05) is 0 Å². The van der Waals surface area contributed by atoms with Gasteiger partial charge < -0.3 is 14.8 Å². The van der Waals surface area contributed by atoms with Gasteiger partial charge in [0, 0.05) is 22.6 Å². The van der Waals surface area contributed by atoms with Crippen LogP contribution in [0.15, 0.2) is 39.2 Å². The van der Waals surface area contributed by atoms with E-state index in [1.165, 1.54) is 0 Å². The SMILES string of the molecule is Cc1oc(C(=O)O)cc1CN[C@H](C)c1ccccc1Br. The van der Waals surface area contributed by atoms with Gasteiger partial charge in [-0.3, -0.25) is 0 Å². The Balaban J connectivity index is 2.05. The number of rotatable bonds is 5. The van der Waals surface area contributed by atoms with Gasteiger partial charge in [0.25, 0.3) is 0 Å². The fourth-order valence-electron chi connectivity index (χ4n) is 2.00. The van der Waals surface area contributed by atoms with Crippen molar-refractivity contribution >= 4 is 21.9 Å². The standard InChI is InChI=1S/C15H16BrNO3/c1-9(12-5-3-4-6-13(12)16)17-8-11-7-14(15(18)19)20-10(11)2/h3-7,9,17H,8H2,1-2H3,(H,18,19)/t9-/m1/s1. The molecular formula is C15H16BrNO3. The quantitative estimate of drug-likeness (QED) is 0.868. The van der Waals surface area contributed by atoms with Gasteiger partial charge in [-0.2, -0.15) is 0 Å². The average Bonchev–Trinajstić information content (AvgIpc) is 2.78. The highest BCUT2D eigenvalue weighted by molar-refractivity contribution is 9.10. The number of benzene rings is 1. The zero-order chi connectivity index (χ0) is 14.7. The number of aromatic carboxylic acids is 1. The zero-order valence-electron chi connectivity index (χ0n) is 11.3. The number of halogens is 1. The molecule has 0 aliphatic heterocycles. The number of aryl methyl sites for hydroxylation is 1. The van der Waals surface area contributed by atoms with Crippen LogP contribution in [0.2, 0.25) is 0 Å². The number of carbonyl (C=O) groups is 1. The van der Waals surface area contributed by atoms with Gasteiger partial charge in [0.15, 0.2) is 0 Å². The molecular weight excluding hydrogens is 322 g/mol. The van der Waals surface area contributed by atoms with Crippen molar-refractivity contribution in [1.29, 1.82) is 0 Å². The number of carboxylic acid groups (broad SMARTS) is 1. The number of nitrogens with one attached hydrogen (secondary N) is 1. The highest BCUT2D eigenvalue weighted by Crippen LogP contribution is 2.23. The molecule has 1 aromatic carbocycles. The first-order valence-corrected chi connectivity index (χ1v) is 7.08. The molecule has 1 heterocycles. The molecule has 1 aromatic heterocycles. The minimum absolute atomic E-state index is 0.0205. The molecule has 2 aromatic rings. The van der Waals surface area contributed by atoms with Gasteiger partial charge in [0.2, 0.25) is 5.76 Å². The Bertz CT molecular complexity index is 621. The fraction of sp³-hybridized carbons (Fsp3) is 0.267. The Hall–Kier alpha value is -1.59. The van der Waals surface area contributed by atoms with Gasteiger partial charge in [-0.1, -0.05) is 34.1 Å². The Kier molecular flexibility index (Phi) is 4.62. The Morgan fingerprint density at radius 2 is 2.15 bits per heavy atom. The minimum atomic E-state index is -1.04. The van der Waals surface area contributed by atoms with Crippen molar-refractivity contribution in [3.63, 3.8) is 0 Å². The molecule has 0 fully saturated rings. The predicted octanol–water partition coefficient (Wildman–Crippen LogP) is 3.90. The van der Waals surface area contributed by atoms with Crippen LogP contribution < -0.4 is 5.32 Å². The van der Waals surface area contributed by atoms with Crippen LogP contribution in [0, 0.1) is 6.92 Å². The highest BCUT2D eigenvalue weighted by atomic mass is 79.9.